The van der Waals surface area contributed by atoms with E-state index in [4.69, 9.17) is 0 Å². The van der Waals surface area contributed by atoms with E-state index in [-0.39, 0.29) is 30.5 Å². The number of amides is 2. The van der Waals surface area contributed by atoms with Crippen molar-refractivity contribution in [1.82, 2.24) is 4.98 Å². The van der Waals surface area contributed by atoms with Gasteiger partial charge in [-0.15, -0.1) is 11.3 Å². The Morgan fingerprint density at radius 1 is 1.50 bits per heavy atom. The van der Waals surface area contributed by atoms with E-state index in [1.54, 1.807) is 30.6 Å². The van der Waals surface area contributed by atoms with Crippen LogP contribution in [0.25, 0.3) is 0 Å². The first-order chi connectivity index (χ1) is 11.5. The zero-order valence-electron chi connectivity index (χ0n) is 12.8. The Morgan fingerprint density at radius 2 is 2.29 bits per heavy atom. The van der Waals surface area contributed by atoms with Crippen molar-refractivity contribution in [3.8, 4) is 0 Å². The molecule has 1 saturated heterocycles. The van der Waals surface area contributed by atoms with Crippen LogP contribution in [0.3, 0.4) is 0 Å². The fourth-order valence-electron chi connectivity index (χ4n) is 2.59. The first-order valence-electron chi connectivity index (χ1n) is 7.21. The highest BCUT2D eigenvalue weighted by atomic mass is 32.1. The van der Waals surface area contributed by atoms with Gasteiger partial charge in [0.1, 0.15) is 0 Å². The number of nitro groups is 1. The topological polar surface area (TPSA) is 105 Å². The van der Waals surface area contributed by atoms with E-state index in [2.05, 4.69) is 10.3 Å². The summed E-state index contributed by atoms with van der Waals surface area (Å²) in [4.78, 5) is 40.4. The van der Waals surface area contributed by atoms with Gasteiger partial charge in [0.15, 0.2) is 5.13 Å². The Bertz CT molecular complexity index is 806. The van der Waals surface area contributed by atoms with Gasteiger partial charge in [-0.05, 0) is 13.0 Å². The van der Waals surface area contributed by atoms with Crippen molar-refractivity contribution in [2.24, 2.45) is 5.92 Å². The van der Waals surface area contributed by atoms with Crippen LogP contribution >= 0.6 is 11.3 Å². The highest BCUT2D eigenvalue weighted by molar-refractivity contribution is 7.13. The monoisotopic (exact) mass is 346 g/mol. The summed E-state index contributed by atoms with van der Waals surface area (Å²) in [7, 11) is 0. The number of benzene rings is 1. The molecule has 0 bridgehead atoms. The van der Waals surface area contributed by atoms with Crippen LogP contribution in [0.1, 0.15) is 12.0 Å². The molecule has 0 radical (unpaired) electrons. The van der Waals surface area contributed by atoms with Crippen LogP contribution in [0.4, 0.5) is 16.5 Å². The number of nitrogens with one attached hydrogen (secondary N) is 1. The largest absolute Gasteiger partial charge is 0.311 e. The highest BCUT2D eigenvalue weighted by Crippen LogP contribution is 2.30. The van der Waals surface area contributed by atoms with E-state index < -0.39 is 10.8 Å². The first-order valence-corrected chi connectivity index (χ1v) is 8.09. The van der Waals surface area contributed by atoms with Crippen LogP contribution in [-0.2, 0) is 9.59 Å². The minimum atomic E-state index is -0.512. The summed E-state index contributed by atoms with van der Waals surface area (Å²) in [5.74, 6) is -1.02. The van der Waals surface area contributed by atoms with Crippen LogP contribution in [0.15, 0.2) is 29.8 Å². The van der Waals surface area contributed by atoms with Gasteiger partial charge in [0.2, 0.25) is 11.8 Å². The van der Waals surface area contributed by atoms with Crippen LogP contribution in [0, 0.1) is 23.0 Å². The molecule has 0 spiro atoms. The predicted octanol–water partition coefficient (Wildman–Crippen LogP) is 2.35. The molecule has 1 N–H and O–H groups in total. The number of nitro benzene ring substituents is 1. The van der Waals surface area contributed by atoms with Crippen LogP contribution < -0.4 is 10.2 Å². The lowest BCUT2D eigenvalue weighted by molar-refractivity contribution is -0.385. The van der Waals surface area contributed by atoms with E-state index in [1.165, 1.54) is 22.3 Å². The number of hydrogen-bond donors (Lipinski definition) is 1. The van der Waals surface area contributed by atoms with Gasteiger partial charge in [-0.1, -0.05) is 6.07 Å². The second-order valence-corrected chi connectivity index (χ2v) is 6.35. The van der Waals surface area contributed by atoms with Gasteiger partial charge < -0.3 is 10.2 Å². The summed E-state index contributed by atoms with van der Waals surface area (Å²) in [6, 6.07) is 4.62. The van der Waals surface area contributed by atoms with Gasteiger partial charge >= 0.3 is 0 Å². The molecule has 1 aliphatic heterocycles. The number of thiazole rings is 1. The Morgan fingerprint density at radius 3 is 2.96 bits per heavy atom. The third-order valence-corrected chi connectivity index (χ3v) is 4.55. The summed E-state index contributed by atoms with van der Waals surface area (Å²) in [5.41, 5.74) is 0.909. The molecule has 1 atom stereocenters. The second kappa shape index (κ2) is 6.36. The SMILES string of the molecule is Cc1ccc(N2C[C@@H](C(=O)Nc3nccs3)CC2=O)cc1[N+](=O)[O-]. The maximum Gasteiger partial charge on any atom is 0.274 e. The maximum absolute atomic E-state index is 12.2. The lowest BCUT2D eigenvalue weighted by Gasteiger charge is -2.16. The molecule has 1 aromatic heterocycles. The fraction of sp³-hybridized carbons (Fsp3) is 0.267. The Labute approximate surface area is 141 Å². The molecule has 2 aromatic rings. The van der Waals surface area contributed by atoms with Crippen LogP contribution in [0.5, 0.6) is 0 Å². The van der Waals surface area contributed by atoms with E-state index >= 15 is 0 Å². The summed E-state index contributed by atoms with van der Waals surface area (Å²) in [6.07, 6.45) is 1.65. The third kappa shape index (κ3) is 3.11. The normalized spacial score (nSPS) is 17.1. The molecule has 0 unspecified atom stereocenters. The molecule has 9 heteroatoms. The van der Waals surface area contributed by atoms with Crippen molar-refractivity contribution in [3.05, 3.63) is 45.5 Å². The summed E-state index contributed by atoms with van der Waals surface area (Å²) >= 11 is 1.30. The van der Waals surface area contributed by atoms with E-state index in [0.717, 1.165) is 0 Å². The predicted molar refractivity (Wildman–Crippen MR) is 89.0 cm³/mol. The summed E-state index contributed by atoms with van der Waals surface area (Å²) in [6.45, 7) is 1.83. The molecule has 1 fully saturated rings. The third-order valence-electron chi connectivity index (χ3n) is 3.86. The number of anilines is 2. The molecule has 1 aromatic carbocycles. The standard InChI is InChI=1S/C15H14N4O4S/c1-9-2-3-11(7-12(9)19(22)23)18-8-10(6-13(18)20)14(21)17-15-16-4-5-24-15/h2-5,7,10H,6,8H2,1H3,(H,16,17,21)/t10-/m0/s1. The molecule has 1 aliphatic rings. The fourth-order valence-corrected chi connectivity index (χ4v) is 3.12. The molecule has 0 aliphatic carbocycles. The number of rotatable bonds is 4. The quantitative estimate of drug-likeness (QED) is 0.676. The van der Waals surface area contributed by atoms with Crippen molar-refractivity contribution < 1.29 is 14.5 Å². The molecule has 24 heavy (non-hydrogen) atoms. The lowest BCUT2D eigenvalue weighted by Crippen LogP contribution is -2.28. The Kier molecular flexibility index (Phi) is 4.26. The molecule has 8 nitrogen and oxygen atoms in total. The molecular weight excluding hydrogens is 332 g/mol. The zero-order chi connectivity index (χ0) is 17.3. The molecule has 124 valence electrons. The van der Waals surface area contributed by atoms with E-state index in [1.807, 2.05) is 0 Å². The molecule has 3 rings (SSSR count). The van der Waals surface area contributed by atoms with Gasteiger partial charge in [-0.3, -0.25) is 19.7 Å². The van der Waals surface area contributed by atoms with E-state index in [0.29, 0.717) is 16.4 Å². The maximum atomic E-state index is 12.2. The summed E-state index contributed by atoms with van der Waals surface area (Å²) < 4.78 is 0. The minimum absolute atomic E-state index is 0.0454. The molecule has 2 amide bonds. The minimum Gasteiger partial charge on any atom is -0.311 e. The Hall–Kier alpha value is -2.81. The van der Waals surface area contributed by atoms with Crippen molar-refractivity contribution in [2.45, 2.75) is 13.3 Å². The lowest BCUT2D eigenvalue weighted by atomic mass is 10.1. The van der Waals surface area contributed by atoms with Crippen molar-refractivity contribution >= 4 is 39.7 Å². The van der Waals surface area contributed by atoms with Crippen molar-refractivity contribution in [2.75, 3.05) is 16.8 Å². The number of aryl methyl sites for hydroxylation is 1. The van der Waals surface area contributed by atoms with Gasteiger partial charge in [0, 0.05) is 36.2 Å². The molecule has 0 saturated carbocycles. The van der Waals surface area contributed by atoms with Crippen LogP contribution in [-0.4, -0.2) is 28.3 Å². The van der Waals surface area contributed by atoms with Gasteiger partial charge in [-0.25, -0.2) is 4.98 Å². The van der Waals surface area contributed by atoms with Gasteiger partial charge in [0.05, 0.1) is 16.5 Å². The van der Waals surface area contributed by atoms with Crippen molar-refractivity contribution in [3.63, 3.8) is 0 Å². The molecule has 2 heterocycles. The van der Waals surface area contributed by atoms with E-state index in [9.17, 15) is 19.7 Å². The average Bonchev–Trinajstić information content (AvgIpc) is 3.17. The number of carbonyl (C=O) groups is 2. The number of carbonyl (C=O) groups excluding carboxylic acids is 2. The highest BCUT2D eigenvalue weighted by Gasteiger charge is 2.36. The number of hydrogen-bond acceptors (Lipinski definition) is 6. The zero-order valence-corrected chi connectivity index (χ0v) is 13.6. The van der Waals surface area contributed by atoms with Gasteiger partial charge in [-0.2, -0.15) is 0 Å². The number of nitrogens with zero attached hydrogens (tertiary/aromatic N) is 3. The molecular formula is C15H14N4O4S. The van der Waals surface area contributed by atoms with Gasteiger partial charge in [0.25, 0.3) is 5.69 Å². The smallest absolute Gasteiger partial charge is 0.274 e. The Balaban J connectivity index is 1.76. The van der Waals surface area contributed by atoms with Crippen molar-refractivity contribution in [1.29, 1.82) is 0 Å². The number of aromatic nitrogens is 1. The van der Waals surface area contributed by atoms with Crippen LogP contribution in [0.2, 0.25) is 0 Å². The summed E-state index contributed by atoms with van der Waals surface area (Å²) in [5, 5.41) is 16.0. The second-order valence-electron chi connectivity index (χ2n) is 5.46. The average molecular weight is 346 g/mol. The first kappa shape index (κ1) is 16.1.